The molecule has 0 bridgehead atoms. The second kappa shape index (κ2) is 13.0. The molecule has 58 heavy (non-hydrogen) atoms. The number of nitrogens with zero attached hydrogens (tertiary/aromatic N) is 3. The molecular formula is C55H37N3. The minimum absolute atomic E-state index is 0.847. The molecule has 0 spiro atoms. The smallest absolute Gasteiger partial charge is 0.0561 e. The zero-order chi connectivity index (χ0) is 38.2. The van der Waals surface area contributed by atoms with Gasteiger partial charge in [0.25, 0.3) is 0 Å². The minimum Gasteiger partial charge on any atom is -0.336 e. The molecule has 11 aromatic rings. The van der Waals surface area contributed by atoms with Crippen molar-refractivity contribution in [1.82, 2.24) is 9.13 Å². The molecule has 0 fully saturated rings. The molecule has 1 aliphatic rings. The molecule has 0 aliphatic carbocycles. The number of para-hydroxylation sites is 3. The van der Waals surface area contributed by atoms with Crippen LogP contribution in [0.1, 0.15) is 5.56 Å². The molecule has 12 rings (SSSR count). The first-order valence-electron chi connectivity index (χ1n) is 20.0. The SMILES string of the molecule is c1ccc(-c2ccc3c(c2)c2cc(-c4ccc5c(c4)-c4ccccc4CN5c4ccccc4)ccc2n3-c2ccc3c4ccccc4n(-c4ccccc4)c3c2)cc1. The van der Waals surface area contributed by atoms with Crippen LogP contribution in [0.2, 0.25) is 0 Å². The number of hydrogen-bond donors (Lipinski definition) is 0. The van der Waals surface area contributed by atoms with Crippen LogP contribution >= 0.6 is 0 Å². The van der Waals surface area contributed by atoms with E-state index in [1.54, 1.807) is 0 Å². The van der Waals surface area contributed by atoms with E-state index in [0.717, 1.165) is 17.9 Å². The third kappa shape index (κ3) is 5.07. The molecule has 2 aromatic heterocycles. The summed E-state index contributed by atoms with van der Waals surface area (Å²) in [5, 5.41) is 4.97. The highest BCUT2D eigenvalue weighted by atomic mass is 15.1. The summed E-state index contributed by atoms with van der Waals surface area (Å²) in [5.74, 6) is 0. The van der Waals surface area contributed by atoms with E-state index in [-0.39, 0.29) is 0 Å². The summed E-state index contributed by atoms with van der Waals surface area (Å²) in [7, 11) is 0. The van der Waals surface area contributed by atoms with E-state index in [4.69, 9.17) is 0 Å². The van der Waals surface area contributed by atoms with Crippen molar-refractivity contribution in [1.29, 1.82) is 0 Å². The Labute approximate surface area is 336 Å². The van der Waals surface area contributed by atoms with Gasteiger partial charge in [-0.25, -0.2) is 0 Å². The van der Waals surface area contributed by atoms with E-state index in [2.05, 4.69) is 226 Å². The Bertz CT molecular complexity index is 3360. The molecule has 0 amide bonds. The van der Waals surface area contributed by atoms with Crippen molar-refractivity contribution in [2.75, 3.05) is 4.90 Å². The second-order valence-corrected chi connectivity index (χ2v) is 15.4. The Kier molecular flexibility index (Phi) is 7.29. The van der Waals surface area contributed by atoms with Crippen molar-refractivity contribution in [2.45, 2.75) is 6.54 Å². The average Bonchev–Trinajstić information content (AvgIpc) is 3.81. The van der Waals surface area contributed by atoms with Crippen molar-refractivity contribution >= 4 is 55.0 Å². The van der Waals surface area contributed by atoms with Gasteiger partial charge in [-0.2, -0.15) is 0 Å². The van der Waals surface area contributed by atoms with Crippen molar-refractivity contribution < 1.29 is 0 Å². The molecule has 3 nitrogen and oxygen atoms in total. The van der Waals surface area contributed by atoms with Crippen LogP contribution in [-0.4, -0.2) is 9.13 Å². The zero-order valence-corrected chi connectivity index (χ0v) is 31.8. The van der Waals surface area contributed by atoms with Gasteiger partial charge in [0, 0.05) is 56.4 Å². The van der Waals surface area contributed by atoms with E-state index in [1.165, 1.54) is 93.9 Å². The molecule has 3 heteroatoms. The molecule has 0 N–H and O–H groups in total. The normalized spacial score (nSPS) is 12.4. The number of anilines is 2. The first-order chi connectivity index (χ1) is 28.8. The molecule has 9 aromatic carbocycles. The summed E-state index contributed by atoms with van der Waals surface area (Å²) in [4.78, 5) is 2.44. The largest absolute Gasteiger partial charge is 0.336 e. The quantitative estimate of drug-likeness (QED) is 0.171. The van der Waals surface area contributed by atoms with Gasteiger partial charge in [0.15, 0.2) is 0 Å². The highest BCUT2D eigenvalue weighted by molar-refractivity contribution is 6.13. The summed E-state index contributed by atoms with van der Waals surface area (Å²) < 4.78 is 4.86. The molecular weight excluding hydrogens is 703 g/mol. The standard InChI is InChI=1S/C55H37N3/c1-4-14-37(15-5-1)38-25-30-53-49(32-38)50-34-40(39-24-29-51-48(33-39)45-21-11-10-16-41(45)36-56(51)42-17-6-2-7-18-42)26-31-54(50)58(53)44-27-28-47-46-22-12-13-23-52(46)57(55(47)35-44)43-19-8-3-9-20-43/h1-35H,36H2. The molecule has 0 unspecified atom stereocenters. The number of fused-ring (bicyclic) bond motifs is 9. The van der Waals surface area contributed by atoms with Crippen LogP contribution in [0, 0.1) is 0 Å². The van der Waals surface area contributed by atoms with Crippen molar-refractivity contribution in [3.05, 3.63) is 218 Å². The molecule has 272 valence electrons. The van der Waals surface area contributed by atoms with Gasteiger partial charge in [0.05, 0.1) is 22.1 Å². The van der Waals surface area contributed by atoms with Crippen molar-refractivity contribution in [3.8, 4) is 44.8 Å². The third-order valence-corrected chi connectivity index (χ3v) is 12.1. The molecule has 1 aliphatic heterocycles. The Morgan fingerprint density at radius 3 is 1.60 bits per heavy atom. The first-order valence-corrected chi connectivity index (χ1v) is 20.0. The predicted octanol–water partition coefficient (Wildman–Crippen LogP) is 14.5. The van der Waals surface area contributed by atoms with Crippen LogP contribution < -0.4 is 4.90 Å². The lowest BCUT2D eigenvalue weighted by molar-refractivity contribution is 0.961. The number of benzene rings is 9. The fourth-order valence-electron chi connectivity index (χ4n) is 9.43. The Hall–Kier alpha value is -7.62. The van der Waals surface area contributed by atoms with Gasteiger partial charge in [-0.15, -0.1) is 0 Å². The van der Waals surface area contributed by atoms with Gasteiger partial charge in [-0.05, 0) is 112 Å². The number of aromatic nitrogens is 2. The van der Waals surface area contributed by atoms with Crippen LogP contribution in [0.25, 0.3) is 88.4 Å². The molecule has 0 radical (unpaired) electrons. The second-order valence-electron chi connectivity index (χ2n) is 15.4. The monoisotopic (exact) mass is 739 g/mol. The van der Waals surface area contributed by atoms with E-state index in [1.807, 2.05) is 0 Å². The minimum atomic E-state index is 0.847. The summed E-state index contributed by atoms with van der Waals surface area (Å²) in [5.41, 5.74) is 18.3. The Balaban J connectivity index is 1.07. The van der Waals surface area contributed by atoms with E-state index >= 15 is 0 Å². The highest BCUT2D eigenvalue weighted by Gasteiger charge is 2.24. The van der Waals surface area contributed by atoms with E-state index < -0.39 is 0 Å². The summed E-state index contributed by atoms with van der Waals surface area (Å²) >= 11 is 0. The molecule has 0 atom stereocenters. The van der Waals surface area contributed by atoms with Gasteiger partial charge in [0.2, 0.25) is 0 Å². The average molecular weight is 740 g/mol. The van der Waals surface area contributed by atoms with E-state index in [0.29, 0.717) is 0 Å². The van der Waals surface area contributed by atoms with Crippen LogP contribution in [0.15, 0.2) is 212 Å². The molecule has 0 saturated heterocycles. The van der Waals surface area contributed by atoms with Gasteiger partial charge in [0.1, 0.15) is 0 Å². The van der Waals surface area contributed by atoms with Crippen LogP contribution in [0.4, 0.5) is 11.4 Å². The summed E-state index contributed by atoms with van der Waals surface area (Å²) in [6.45, 7) is 0.847. The lowest BCUT2D eigenvalue weighted by Crippen LogP contribution is -2.21. The van der Waals surface area contributed by atoms with Gasteiger partial charge in [-0.1, -0.05) is 133 Å². The highest BCUT2D eigenvalue weighted by Crippen LogP contribution is 2.45. The van der Waals surface area contributed by atoms with Crippen molar-refractivity contribution in [3.63, 3.8) is 0 Å². The maximum atomic E-state index is 2.45. The topological polar surface area (TPSA) is 13.1 Å². The van der Waals surface area contributed by atoms with Crippen LogP contribution in [0.3, 0.4) is 0 Å². The summed E-state index contributed by atoms with van der Waals surface area (Å²) in [6.07, 6.45) is 0. The predicted molar refractivity (Wildman–Crippen MR) is 244 cm³/mol. The van der Waals surface area contributed by atoms with E-state index in [9.17, 15) is 0 Å². The number of rotatable bonds is 5. The van der Waals surface area contributed by atoms with Gasteiger partial charge >= 0.3 is 0 Å². The third-order valence-electron chi connectivity index (χ3n) is 12.1. The lowest BCUT2D eigenvalue weighted by atomic mass is 9.90. The Morgan fingerprint density at radius 2 is 0.845 bits per heavy atom. The first kappa shape index (κ1) is 32.6. The van der Waals surface area contributed by atoms with Crippen LogP contribution in [-0.2, 0) is 6.54 Å². The maximum Gasteiger partial charge on any atom is 0.0561 e. The number of hydrogen-bond acceptors (Lipinski definition) is 1. The lowest BCUT2D eigenvalue weighted by Gasteiger charge is -2.33. The Morgan fingerprint density at radius 1 is 0.293 bits per heavy atom. The van der Waals surface area contributed by atoms with Crippen molar-refractivity contribution in [2.24, 2.45) is 0 Å². The zero-order valence-electron chi connectivity index (χ0n) is 31.8. The van der Waals surface area contributed by atoms with Gasteiger partial charge in [-0.3, -0.25) is 0 Å². The van der Waals surface area contributed by atoms with Crippen LogP contribution in [0.5, 0.6) is 0 Å². The fourth-order valence-corrected chi connectivity index (χ4v) is 9.43. The molecule has 3 heterocycles. The maximum absolute atomic E-state index is 2.45. The fraction of sp³-hybridized carbons (Fsp3) is 0.0182. The van der Waals surface area contributed by atoms with Gasteiger partial charge < -0.3 is 14.0 Å². The molecule has 0 saturated carbocycles. The summed E-state index contributed by atoms with van der Waals surface area (Å²) in [6, 6.07) is 77.8.